The summed E-state index contributed by atoms with van der Waals surface area (Å²) in [7, 11) is 3.91. The van der Waals surface area contributed by atoms with Gasteiger partial charge in [0.2, 0.25) is 0 Å². The molecule has 0 radical (unpaired) electrons. The van der Waals surface area contributed by atoms with Gasteiger partial charge in [-0.25, -0.2) is 4.98 Å². The fraction of sp³-hybridized carbons (Fsp3) is 0.182. The Balaban J connectivity index is 2.49. The molecule has 4 heteroatoms. The minimum absolute atomic E-state index is 0.532. The van der Waals surface area contributed by atoms with Crippen molar-refractivity contribution in [1.29, 1.82) is 0 Å². The molecule has 0 aliphatic rings. The zero-order valence-corrected chi connectivity index (χ0v) is 10.1. The number of pyridine rings is 1. The highest BCUT2D eigenvalue weighted by Gasteiger charge is 2.05. The quantitative estimate of drug-likeness (QED) is 0.745. The summed E-state index contributed by atoms with van der Waals surface area (Å²) in [4.78, 5) is 7.40. The molecule has 2 aromatic rings. The van der Waals surface area contributed by atoms with Gasteiger partial charge in [-0.05, 0) is 29.1 Å². The lowest BCUT2D eigenvalue weighted by atomic mass is 10.2. The van der Waals surface area contributed by atoms with Crippen LogP contribution in [0, 0.1) is 0 Å². The summed E-state index contributed by atoms with van der Waals surface area (Å²) in [6, 6.07) is 8.04. The van der Waals surface area contributed by atoms with Gasteiger partial charge in [0.15, 0.2) is 0 Å². The SMILES string of the molecule is CN(C)c1cc(-c2cccs2)cc(Cl)n1. The fourth-order valence-corrected chi connectivity index (χ4v) is 2.22. The van der Waals surface area contributed by atoms with Crippen LogP contribution in [0.4, 0.5) is 5.82 Å². The highest BCUT2D eigenvalue weighted by molar-refractivity contribution is 7.13. The van der Waals surface area contributed by atoms with Gasteiger partial charge >= 0.3 is 0 Å². The third kappa shape index (κ3) is 2.30. The third-order valence-electron chi connectivity index (χ3n) is 2.04. The molecular formula is C11H11ClN2S. The maximum atomic E-state index is 5.98. The van der Waals surface area contributed by atoms with Crippen molar-refractivity contribution in [3.8, 4) is 10.4 Å². The number of aromatic nitrogens is 1. The minimum atomic E-state index is 0.532. The van der Waals surface area contributed by atoms with Gasteiger partial charge in [0, 0.05) is 19.0 Å². The first-order valence-corrected chi connectivity index (χ1v) is 5.81. The van der Waals surface area contributed by atoms with Crippen LogP contribution in [0.25, 0.3) is 10.4 Å². The van der Waals surface area contributed by atoms with E-state index in [-0.39, 0.29) is 0 Å². The van der Waals surface area contributed by atoms with Crippen LogP contribution >= 0.6 is 22.9 Å². The second kappa shape index (κ2) is 4.21. The van der Waals surface area contributed by atoms with Crippen LogP contribution < -0.4 is 4.90 Å². The van der Waals surface area contributed by atoms with Crippen LogP contribution in [0.15, 0.2) is 29.6 Å². The van der Waals surface area contributed by atoms with Gasteiger partial charge in [0.05, 0.1) is 0 Å². The van der Waals surface area contributed by atoms with E-state index in [9.17, 15) is 0 Å². The maximum absolute atomic E-state index is 5.98. The first-order valence-electron chi connectivity index (χ1n) is 4.55. The zero-order valence-electron chi connectivity index (χ0n) is 8.57. The number of hydrogen-bond acceptors (Lipinski definition) is 3. The molecule has 0 atom stereocenters. The standard InChI is InChI=1S/C11H11ClN2S/c1-14(2)11-7-8(6-10(12)13-11)9-4-3-5-15-9/h3-7H,1-2H3. The van der Waals surface area contributed by atoms with E-state index in [1.165, 1.54) is 4.88 Å². The number of hydrogen-bond donors (Lipinski definition) is 0. The minimum Gasteiger partial charge on any atom is -0.363 e. The van der Waals surface area contributed by atoms with Crippen LogP contribution in [-0.2, 0) is 0 Å². The molecule has 2 heterocycles. The molecule has 0 spiro atoms. The molecule has 0 saturated heterocycles. The summed E-state index contributed by atoms with van der Waals surface area (Å²) in [5, 5.41) is 2.59. The van der Waals surface area contributed by atoms with E-state index in [0.29, 0.717) is 5.15 Å². The molecule has 15 heavy (non-hydrogen) atoms. The molecule has 0 fully saturated rings. The second-order valence-electron chi connectivity index (χ2n) is 3.41. The summed E-state index contributed by atoms with van der Waals surface area (Å²) in [6.45, 7) is 0. The van der Waals surface area contributed by atoms with Gasteiger partial charge in [-0.2, -0.15) is 0 Å². The molecule has 0 aliphatic carbocycles. The zero-order chi connectivity index (χ0) is 10.8. The molecule has 2 aromatic heterocycles. The van der Waals surface area contributed by atoms with Crippen LogP contribution in [-0.4, -0.2) is 19.1 Å². The molecule has 0 unspecified atom stereocenters. The Hall–Kier alpha value is -1.06. The Labute approximate surface area is 98.1 Å². The van der Waals surface area contributed by atoms with Crippen molar-refractivity contribution in [2.24, 2.45) is 0 Å². The van der Waals surface area contributed by atoms with Crippen molar-refractivity contribution in [2.45, 2.75) is 0 Å². The van der Waals surface area contributed by atoms with Crippen molar-refractivity contribution in [1.82, 2.24) is 4.98 Å². The van der Waals surface area contributed by atoms with Crippen LogP contribution in [0.3, 0.4) is 0 Å². The molecule has 0 bridgehead atoms. The monoisotopic (exact) mass is 238 g/mol. The molecule has 0 amide bonds. The summed E-state index contributed by atoms with van der Waals surface area (Å²) >= 11 is 7.68. The second-order valence-corrected chi connectivity index (χ2v) is 4.74. The number of thiophene rings is 1. The largest absolute Gasteiger partial charge is 0.363 e. The molecule has 0 aromatic carbocycles. The highest BCUT2D eigenvalue weighted by Crippen LogP contribution is 2.28. The normalized spacial score (nSPS) is 10.3. The van der Waals surface area contributed by atoms with E-state index in [1.807, 2.05) is 37.2 Å². The molecule has 0 aliphatic heterocycles. The summed E-state index contributed by atoms with van der Waals surface area (Å²) in [5.74, 6) is 0.880. The van der Waals surface area contributed by atoms with Gasteiger partial charge in [-0.1, -0.05) is 17.7 Å². The molecule has 0 saturated carbocycles. The summed E-state index contributed by atoms with van der Waals surface area (Å²) in [5.41, 5.74) is 1.12. The smallest absolute Gasteiger partial charge is 0.132 e. The number of halogens is 1. The van der Waals surface area contributed by atoms with E-state index in [1.54, 1.807) is 11.3 Å². The van der Waals surface area contributed by atoms with Crippen molar-refractivity contribution in [3.05, 3.63) is 34.8 Å². The van der Waals surface area contributed by atoms with E-state index in [2.05, 4.69) is 16.4 Å². The third-order valence-corrected chi connectivity index (χ3v) is 3.16. The molecule has 0 N–H and O–H groups in total. The first-order chi connectivity index (χ1) is 7.16. The van der Waals surface area contributed by atoms with Gasteiger partial charge < -0.3 is 4.90 Å². The van der Waals surface area contributed by atoms with Crippen LogP contribution in [0.5, 0.6) is 0 Å². The average Bonchev–Trinajstić information content (AvgIpc) is 2.69. The first kappa shape index (κ1) is 10.5. The Kier molecular flexibility index (Phi) is 2.93. The average molecular weight is 239 g/mol. The topological polar surface area (TPSA) is 16.1 Å². The van der Waals surface area contributed by atoms with Crippen molar-refractivity contribution in [3.63, 3.8) is 0 Å². The highest BCUT2D eigenvalue weighted by atomic mass is 35.5. The molecule has 2 rings (SSSR count). The lowest BCUT2D eigenvalue weighted by molar-refractivity contribution is 1.07. The van der Waals surface area contributed by atoms with Crippen LogP contribution in [0.2, 0.25) is 5.15 Å². The van der Waals surface area contributed by atoms with Crippen molar-refractivity contribution < 1.29 is 0 Å². The molecular weight excluding hydrogens is 228 g/mol. The van der Waals surface area contributed by atoms with Gasteiger partial charge in [0.25, 0.3) is 0 Å². The van der Waals surface area contributed by atoms with Gasteiger partial charge in [0.1, 0.15) is 11.0 Å². The van der Waals surface area contributed by atoms with E-state index in [4.69, 9.17) is 11.6 Å². The predicted molar refractivity (Wildman–Crippen MR) is 66.9 cm³/mol. The summed E-state index contributed by atoms with van der Waals surface area (Å²) < 4.78 is 0. The lowest BCUT2D eigenvalue weighted by Crippen LogP contribution is -2.10. The number of nitrogens with zero attached hydrogens (tertiary/aromatic N) is 2. The summed E-state index contributed by atoms with van der Waals surface area (Å²) in [6.07, 6.45) is 0. The van der Waals surface area contributed by atoms with Gasteiger partial charge in [-0.15, -0.1) is 11.3 Å². The van der Waals surface area contributed by atoms with Crippen LogP contribution in [0.1, 0.15) is 0 Å². The number of anilines is 1. The van der Waals surface area contributed by atoms with E-state index in [0.717, 1.165) is 11.4 Å². The fourth-order valence-electron chi connectivity index (χ4n) is 1.30. The Morgan fingerprint density at radius 2 is 2.13 bits per heavy atom. The van der Waals surface area contributed by atoms with Crippen molar-refractivity contribution in [2.75, 3.05) is 19.0 Å². The van der Waals surface area contributed by atoms with Crippen molar-refractivity contribution >= 4 is 28.8 Å². The van der Waals surface area contributed by atoms with E-state index >= 15 is 0 Å². The maximum Gasteiger partial charge on any atom is 0.132 e. The molecule has 2 nitrogen and oxygen atoms in total. The molecule has 78 valence electrons. The predicted octanol–water partition coefficient (Wildman–Crippen LogP) is 3.53. The van der Waals surface area contributed by atoms with Gasteiger partial charge in [-0.3, -0.25) is 0 Å². The lowest BCUT2D eigenvalue weighted by Gasteiger charge is -2.12. The Morgan fingerprint density at radius 1 is 1.33 bits per heavy atom. The Morgan fingerprint density at radius 3 is 2.73 bits per heavy atom. The Bertz CT molecular complexity index is 452. The number of rotatable bonds is 2. The van der Waals surface area contributed by atoms with E-state index < -0.39 is 0 Å².